The number of aryl methyl sites for hydroxylation is 1. The quantitative estimate of drug-likeness (QED) is 0.939. The van der Waals surface area contributed by atoms with E-state index in [0.29, 0.717) is 11.4 Å². The van der Waals surface area contributed by atoms with Crippen molar-refractivity contribution in [3.05, 3.63) is 46.0 Å². The topological polar surface area (TPSA) is 43.8 Å². The largest absolute Gasteiger partial charge is 0.328 e. The van der Waals surface area contributed by atoms with Gasteiger partial charge >= 0.3 is 0 Å². The van der Waals surface area contributed by atoms with Crippen molar-refractivity contribution in [2.24, 2.45) is 5.73 Å². The minimum atomic E-state index is -0.271. The Morgan fingerprint density at radius 3 is 2.63 bits per heavy atom. The van der Waals surface area contributed by atoms with Gasteiger partial charge in [0.05, 0.1) is 22.1 Å². The number of nitrogens with zero attached hydrogens (tertiary/aromatic N) is 2. The van der Waals surface area contributed by atoms with E-state index >= 15 is 0 Å². The fourth-order valence-corrected chi connectivity index (χ4v) is 2.25. The highest BCUT2D eigenvalue weighted by Crippen LogP contribution is 2.25. The first-order valence-electron chi connectivity index (χ1n) is 6.16. The molecule has 0 aliphatic heterocycles. The summed E-state index contributed by atoms with van der Waals surface area (Å²) in [5.74, 6) is -0.271. The molecule has 0 aliphatic rings. The Morgan fingerprint density at radius 2 is 2.11 bits per heavy atom. The SMILES string of the molecule is Cc1nn(-c2ccc(F)cc2CC(C)N)c(C)c1Cl. The molecule has 1 unspecified atom stereocenters. The average Bonchev–Trinajstić information content (AvgIpc) is 2.57. The molecular weight excluding hydrogens is 265 g/mol. The van der Waals surface area contributed by atoms with Crippen LogP contribution in [0, 0.1) is 19.7 Å². The highest BCUT2D eigenvalue weighted by Gasteiger charge is 2.14. The van der Waals surface area contributed by atoms with E-state index in [4.69, 9.17) is 17.3 Å². The molecule has 5 heteroatoms. The first kappa shape index (κ1) is 14.0. The van der Waals surface area contributed by atoms with Gasteiger partial charge in [0.15, 0.2) is 0 Å². The van der Waals surface area contributed by atoms with Gasteiger partial charge in [-0.1, -0.05) is 11.6 Å². The lowest BCUT2D eigenvalue weighted by Gasteiger charge is -2.13. The van der Waals surface area contributed by atoms with E-state index in [9.17, 15) is 4.39 Å². The van der Waals surface area contributed by atoms with Crippen molar-refractivity contribution < 1.29 is 4.39 Å². The van der Waals surface area contributed by atoms with Gasteiger partial charge < -0.3 is 5.73 Å². The van der Waals surface area contributed by atoms with Gasteiger partial charge in [0.25, 0.3) is 0 Å². The molecule has 0 fully saturated rings. The molecule has 1 atom stereocenters. The predicted octanol–water partition coefficient (Wildman–Crippen LogP) is 3.17. The van der Waals surface area contributed by atoms with Gasteiger partial charge in [0.2, 0.25) is 0 Å². The molecule has 1 aromatic carbocycles. The summed E-state index contributed by atoms with van der Waals surface area (Å²) in [4.78, 5) is 0. The summed E-state index contributed by atoms with van der Waals surface area (Å²) in [5.41, 5.74) is 9.08. The molecule has 0 saturated carbocycles. The first-order chi connectivity index (χ1) is 8.90. The molecule has 102 valence electrons. The second-order valence-electron chi connectivity index (χ2n) is 4.85. The molecule has 2 N–H and O–H groups in total. The number of hydrogen-bond donors (Lipinski definition) is 1. The zero-order chi connectivity index (χ0) is 14.2. The number of aromatic nitrogens is 2. The normalized spacial score (nSPS) is 12.7. The number of rotatable bonds is 3. The van der Waals surface area contributed by atoms with Gasteiger partial charge in [-0.3, -0.25) is 0 Å². The predicted molar refractivity (Wildman–Crippen MR) is 75.4 cm³/mol. The number of benzene rings is 1. The average molecular weight is 282 g/mol. The first-order valence-corrected chi connectivity index (χ1v) is 6.54. The maximum atomic E-state index is 13.4. The van der Waals surface area contributed by atoms with Gasteiger partial charge in [0.1, 0.15) is 5.82 Å². The van der Waals surface area contributed by atoms with E-state index in [1.807, 2.05) is 20.8 Å². The van der Waals surface area contributed by atoms with Crippen molar-refractivity contribution in [1.82, 2.24) is 9.78 Å². The number of hydrogen-bond acceptors (Lipinski definition) is 2. The maximum absolute atomic E-state index is 13.4. The van der Waals surface area contributed by atoms with E-state index < -0.39 is 0 Å². The summed E-state index contributed by atoms with van der Waals surface area (Å²) in [5, 5.41) is 5.03. The summed E-state index contributed by atoms with van der Waals surface area (Å²) in [7, 11) is 0. The lowest BCUT2D eigenvalue weighted by molar-refractivity contribution is 0.620. The van der Waals surface area contributed by atoms with Crippen molar-refractivity contribution in [1.29, 1.82) is 0 Å². The van der Waals surface area contributed by atoms with Crippen LogP contribution in [0.5, 0.6) is 0 Å². The summed E-state index contributed by atoms with van der Waals surface area (Å²) in [6, 6.07) is 4.59. The summed E-state index contributed by atoms with van der Waals surface area (Å²) >= 11 is 6.16. The standard InChI is InChI=1S/C14H17ClFN3/c1-8(17)6-11-7-12(16)4-5-13(11)19-10(3)14(15)9(2)18-19/h4-5,7-8H,6,17H2,1-3H3. The Hall–Kier alpha value is -1.39. The third kappa shape index (κ3) is 2.80. The van der Waals surface area contributed by atoms with E-state index in [1.54, 1.807) is 10.7 Å². The lowest BCUT2D eigenvalue weighted by Crippen LogP contribution is -2.19. The molecule has 0 saturated heterocycles. The van der Waals surface area contributed by atoms with E-state index in [2.05, 4.69) is 5.10 Å². The van der Waals surface area contributed by atoms with Crippen molar-refractivity contribution in [3.8, 4) is 5.69 Å². The molecular formula is C14H17ClFN3. The fraction of sp³-hybridized carbons (Fsp3) is 0.357. The van der Waals surface area contributed by atoms with Crippen LogP contribution in [0.2, 0.25) is 5.02 Å². The summed E-state index contributed by atoms with van der Waals surface area (Å²) < 4.78 is 15.1. The van der Waals surface area contributed by atoms with Crippen LogP contribution in [0.1, 0.15) is 23.9 Å². The Morgan fingerprint density at radius 1 is 1.42 bits per heavy atom. The number of halogens is 2. The minimum Gasteiger partial charge on any atom is -0.328 e. The third-order valence-corrected chi connectivity index (χ3v) is 3.56. The Kier molecular flexibility index (Phi) is 3.92. The van der Waals surface area contributed by atoms with Crippen LogP contribution in [0.3, 0.4) is 0 Å². The zero-order valence-corrected chi connectivity index (χ0v) is 12.0. The Labute approximate surface area is 117 Å². The van der Waals surface area contributed by atoms with E-state index in [0.717, 1.165) is 22.6 Å². The maximum Gasteiger partial charge on any atom is 0.123 e. The Balaban J connectivity index is 2.57. The molecule has 0 bridgehead atoms. The zero-order valence-electron chi connectivity index (χ0n) is 11.2. The van der Waals surface area contributed by atoms with Crippen LogP contribution in [0.25, 0.3) is 5.69 Å². The van der Waals surface area contributed by atoms with Crippen molar-refractivity contribution in [3.63, 3.8) is 0 Å². The van der Waals surface area contributed by atoms with Crippen molar-refractivity contribution >= 4 is 11.6 Å². The van der Waals surface area contributed by atoms with Crippen LogP contribution in [-0.2, 0) is 6.42 Å². The van der Waals surface area contributed by atoms with E-state index in [-0.39, 0.29) is 11.9 Å². The van der Waals surface area contributed by atoms with Crippen molar-refractivity contribution in [2.45, 2.75) is 33.2 Å². The fourth-order valence-electron chi connectivity index (χ4n) is 2.13. The summed E-state index contributed by atoms with van der Waals surface area (Å²) in [6.07, 6.45) is 0.586. The monoisotopic (exact) mass is 281 g/mol. The van der Waals surface area contributed by atoms with Crippen LogP contribution < -0.4 is 5.73 Å². The molecule has 1 aromatic heterocycles. The molecule has 0 aliphatic carbocycles. The van der Waals surface area contributed by atoms with Crippen LogP contribution >= 0.6 is 11.6 Å². The van der Waals surface area contributed by atoms with Crippen LogP contribution in [0.4, 0.5) is 4.39 Å². The molecule has 2 aromatic rings. The van der Waals surface area contributed by atoms with Gasteiger partial charge in [-0.05, 0) is 51.0 Å². The van der Waals surface area contributed by atoms with Gasteiger partial charge in [0, 0.05) is 6.04 Å². The van der Waals surface area contributed by atoms with Gasteiger partial charge in [-0.2, -0.15) is 5.10 Å². The van der Waals surface area contributed by atoms with Crippen LogP contribution in [0.15, 0.2) is 18.2 Å². The smallest absolute Gasteiger partial charge is 0.123 e. The molecule has 0 radical (unpaired) electrons. The van der Waals surface area contributed by atoms with Gasteiger partial charge in [-0.25, -0.2) is 9.07 Å². The molecule has 3 nitrogen and oxygen atoms in total. The molecule has 19 heavy (non-hydrogen) atoms. The van der Waals surface area contributed by atoms with Crippen molar-refractivity contribution in [2.75, 3.05) is 0 Å². The number of nitrogens with two attached hydrogens (primary N) is 1. The van der Waals surface area contributed by atoms with Gasteiger partial charge in [-0.15, -0.1) is 0 Å². The highest BCUT2D eigenvalue weighted by atomic mass is 35.5. The minimum absolute atomic E-state index is 0.0482. The van der Waals surface area contributed by atoms with E-state index in [1.165, 1.54) is 12.1 Å². The second-order valence-corrected chi connectivity index (χ2v) is 5.23. The molecule has 2 rings (SSSR count). The molecule has 0 spiro atoms. The highest BCUT2D eigenvalue weighted by molar-refractivity contribution is 6.31. The molecule has 1 heterocycles. The summed E-state index contributed by atoms with van der Waals surface area (Å²) in [6.45, 7) is 5.63. The second kappa shape index (κ2) is 5.31. The van der Waals surface area contributed by atoms with Crippen LogP contribution in [-0.4, -0.2) is 15.8 Å². The third-order valence-electron chi connectivity index (χ3n) is 3.01. The lowest BCUT2D eigenvalue weighted by atomic mass is 10.1. The molecule has 0 amide bonds. The Bertz CT molecular complexity index is 605.